The van der Waals surface area contributed by atoms with Gasteiger partial charge in [-0.1, -0.05) is 36.4 Å². The van der Waals surface area contributed by atoms with Gasteiger partial charge in [0.05, 0.1) is 10.6 Å². The lowest BCUT2D eigenvalue weighted by Crippen LogP contribution is -2.39. The van der Waals surface area contributed by atoms with E-state index >= 15 is 0 Å². The highest BCUT2D eigenvalue weighted by molar-refractivity contribution is 6.34. The molecule has 6 heteroatoms. The summed E-state index contributed by atoms with van der Waals surface area (Å²) in [7, 11) is 0. The van der Waals surface area contributed by atoms with Gasteiger partial charge in [0.15, 0.2) is 0 Å². The number of amides is 2. The molecule has 0 atom stereocenters. The maximum absolute atomic E-state index is 13.3. The van der Waals surface area contributed by atoms with Crippen LogP contribution in [0.1, 0.15) is 46.8 Å². The van der Waals surface area contributed by atoms with Crippen molar-refractivity contribution in [2.45, 2.75) is 33.1 Å². The summed E-state index contributed by atoms with van der Waals surface area (Å²) in [6, 6.07) is 10.1. The van der Waals surface area contributed by atoms with Gasteiger partial charge >= 0.3 is 0 Å². The van der Waals surface area contributed by atoms with Crippen LogP contribution in [-0.4, -0.2) is 29.8 Å². The van der Waals surface area contributed by atoms with Crippen molar-refractivity contribution in [1.82, 2.24) is 4.90 Å². The topological polar surface area (TPSA) is 63.4 Å². The molecule has 3 rings (SSSR count). The van der Waals surface area contributed by atoms with Crippen molar-refractivity contribution in [1.29, 1.82) is 0 Å². The Morgan fingerprint density at radius 2 is 1.81 bits per heavy atom. The number of likely N-dealkylation sites (tertiary alicyclic amines) is 1. The highest BCUT2D eigenvalue weighted by atomic mass is 35.5. The summed E-state index contributed by atoms with van der Waals surface area (Å²) in [5.74, 6) is -0.522. The second-order valence-corrected chi connectivity index (χ2v) is 8.67. The molecule has 2 N–H and O–H groups in total. The predicted molar refractivity (Wildman–Crippen MR) is 127 cm³/mol. The molecular weight excluding hydrogens is 427 g/mol. The van der Waals surface area contributed by atoms with Crippen molar-refractivity contribution >= 4 is 29.0 Å². The molecular formula is C26H28ClFN2O2. The first-order valence-electron chi connectivity index (χ1n) is 10.7. The Bertz CT molecular complexity index is 1070. The number of halogens is 2. The minimum absolute atomic E-state index is 0.128. The van der Waals surface area contributed by atoms with Crippen molar-refractivity contribution in [3.63, 3.8) is 0 Å². The number of hydrogen-bond acceptors (Lipinski definition) is 2. The fourth-order valence-electron chi connectivity index (χ4n) is 4.22. The smallest absolute Gasteiger partial charge is 0.255 e. The molecule has 2 aromatic carbocycles. The zero-order valence-electron chi connectivity index (χ0n) is 18.5. The number of carbonyl (C=O) groups is 2. The molecule has 1 fully saturated rings. The molecule has 1 aliphatic rings. The molecule has 0 radical (unpaired) electrons. The summed E-state index contributed by atoms with van der Waals surface area (Å²) in [4.78, 5) is 26.7. The minimum Gasteiger partial charge on any atom is -0.366 e. The second-order valence-electron chi connectivity index (χ2n) is 8.26. The molecule has 0 aliphatic carbocycles. The molecule has 0 aromatic heterocycles. The predicted octanol–water partition coefficient (Wildman–Crippen LogP) is 5.33. The summed E-state index contributed by atoms with van der Waals surface area (Å²) in [5.41, 5.74) is 9.27. The van der Waals surface area contributed by atoms with Crippen LogP contribution in [0.25, 0.3) is 5.57 Å². The van der Waals surface area contributed by atoms with Gasteiger partial charge in [-0.05, 0) is 85.6 Å². The number of benzene rings is 2. The maximum Gasteiger partial charge on any atom is 0.255 e. The first-order valence-corrected chi connectivity index (χ1v) is 11.1. The Morgan fingerprint density at radius 1 is 1.19 bits per heavy atom. The van der Waals surface area contributed by atoms with Gasteiger partial charge in [0.2, 0.25) is 5.91 Å². The number of allylic oxidation sites excluding steroid dienone is 1. The second kappa shape index (κ2) is 10.1. The normalized spacial score (nSPS) is 15.0. The van der Waals surface area contributed by atoms with Crippen molar-refractivity contribution in [3.8, 4) is 0 Å². The van der Waals surface area contributed by atoms with E-state index in [1.165, 1.54) is 12.1 Å². The maximum atomic E-state index is 13.3. The molecule has 0 saturated carbocycles. The average Bonchev–Trinajstić information content (AvgIpc) is 2.77. The Morgan fingerprint density at radius 3 is 2.38 bits per heavy atom. The Labute approximate surface area is 193 Å². The van der Waals surface area contributed by atoms with Gasteiger partial charge in [-0.15, -0.1) is 0 Å². The van der Waals surface area contributed by atoms with Crippen molar-refractivity contribution < 1.29 is 14.0 Å². The van der Waals surface area contributed by atoms with Crippen LogP contribution in [0.3, 0.4) is 0 Å². The summed E-state index contributed by atoms with van der Waals surface area (Å²) >= 11 is 6.44. The van der Waals surface area contributed by atoms with E-state index < -0.39 is 5.91 Å². The number of aryl methyl sites for hydroxylation is 1. The summed E-state index contributed by atoms with van der Waals surface area (Å²) in [6.45, 7) is 8.72. The van der Waals surface area contributed by atoms with Crippen LogP contribution in [0.15, 0.2) is 54.6 Å². The first-order chi connectivity index (χ1) is 15.2. The molecule has 0 unspecified atom stereocenters. The largest absolute Gasteiger partial charge is 0.366 e. The van der Waals surface area contributed by atoms with Crippen LogP contribution in [0.5, 0.6) is 0 Å². The lowest BCUT2D eigenvalue weighted by molar-refractivity contribution is -0.114. The molecule has 32 heavy (non-hydrogen) atoms. The lowest BCUT2D eigenvalue weighted by atomic mass is 9.89. The fourth-order valence-corrected chi connectivity index (χ4v) is 4.52. The third kappa shape index (κ3) is 5.28. The zero-order chi connectivity index (χ0) is 23.4. The van der Waals surface area contributed by atoms with Gasteiger partial charge in [0, 0.05) is 18.7 Å². The molecule has 0 bridgehead atoms. The fraction of sp³-hybridized carbons (Fsp3) is 0.308. The highest BCUT2D eigenvalue weighted by Crippen LogP contribution is 2.31. The average molecular weight is 455 g/mol. The summed E-state index contributed by atoms with van der Waals surface area (Å²) in [6.07, 6.45) is 4.38. The van der Waals surface area contributed by atoms with Gasteiger partial charge in [0.25, 0.3) is 5.91 Å². The molecule has 2 aromatic rings. The van der Waals surface area contributed by atoms with E-state index in [9.17, 15) is 14.0 Å². The van der Waals surface area contributed by atoms with Gasteiger partial charge < -0.3 is 10.6 Å². The number of nitrogens with two attached hydrogens (primary N) is 1. The molecule has 0 spiro atoms. The van der Waals surface area contributed by atoms with Crippen LogP contribution in [0.2, 0.25) is 5.02 Å². The van der Waals surface area contributed by atoms with E-state index in [0.717, 1.165) is 36.0 Å². The number of primary amides is 1. The highest BCUT2D eigenvalue weighted by Gasteiger charge is 2.26. The number of nitrogens with zero attached hydrogens (tertiary/aromatic N) is 1. The van der Waals surface area contributed by atoms with Crippen molar-refractivity contribution in [2.75, 3.05) is 13.1 Å². The molecule has 1 aliphatic heterocycles. The summed E-state index contributed by atoms with van der Waals surface area (Å²) < 4.78 is 13.1. The van der Waals surface area contributed by atoms with Crippen molar-refractivity contribution in [2.24, 2.45) is 11.7 Å². The van der Waals surface area contributed by atoms with Crippen LogP contribution < -0.4 is 5.73 Å². The molecule has 1 saturated heterocycles. The third-order valence-corrected chi connectivity index (χ3v) is 6.40. The van der Waals surface area contributed by atoms with Gasteiger partial charge in [0.1, 0.15) is 5.82 Å². The van der Waals surface area contributed by atoms with E-state index in [-0.39, 0.29) is 17.3 Å². The Kier molecular flexibility index (Phi) is 7.52. The minimum atomic E-state index is -0.608. The number of piperidine rings is 1. The van der Waals surface area contributed by atoms with E-state index in [4.69, 9.17) is 17.3 Å². The van der Waals surface area contributed by atoms with Crippen LogP contribution in [0.4, 0.5) is 4.39 Å². The van der Waals surface area contributed by atoms with Crippen molar-refractivity contribution in [3.05, 3.63) is 87.7 Å². The van der Waals surface area contributed by atoms with Gasteiger partial charge in [-0.3, -0.25) is 9.59 Å². The van der Waals surface area contributed by atoms with E-state index in [1.807, 2.05) is 24.0 Å². The third-order valence-electron chi connectivity index (χ3n) is 6.09. The first kappa shape index (κ1) is 23.7. The quantitative estimate of drug-likeness (QED) is 0.473. The van der Waals surface area contributed by atoms with Crippen LogP contribution >= 0.6 is 11.6 Å². The number of hydrogen-bond donors (Lipinski definition) is 1. The monoisotopic (exact) mass is 454 g/mol. The van der Waals surface area contributed by atoms with Gasteiger partial charge in [-0.2, -0.15) is 0 Å². The van der Waals surface area contributed by atoms with Crippen LogP contribution in [0, 0.1) is 18.7 Å². The molecule has 4 nitrogen and oxygen atoms in total. The number of rotatable bonds is 6. The van der Waals surface area contributed by atoms with E-state index in [0.29, 0.717) is 35.2 Å². The standard InChI is InChI=1S/C26H28ClFN2O2/c1-4-21(17(3)25(29)31)22-15-23(24(27)13-16(22)2)26(32)30-11-9-19(10-12-30)14-18-5-7-20(28)8-6-18/h4-8,13,15,19H,3,9-12,14H2,1-2H3,(H2,29,31)/b21-4-. The van der Waals surface area contributed by atoms with E-state index in [1.54, 1.807) is 25.1 Å². The SMILES string of the molecule is C=C(C(N)=O)/C(=C/C)c1cc(C(=O)N2CCC(Cc3ccc(F)cc3)CC2)c(Cl)cc1C. The molecule has 2 amide bonds. The molecule has 168 valence electrons. The number of carbonyl (C=O) groups excluding carboxylic acids is 2. The van der Waals surface area contributed by atoms with Crippen LogP contribution in [-0.2, 0) is 11.2 Å². The lowest BCUT2D eigenvalue weighted by Gasteiger charge is -2.32. The zero-order valence-corrected chi connectivity index (χ0v) is 19.2. The summed E-state index contributed by atoms with van der Waals surface area (Å²) in [5, 5.41) is 0.379. The Hall–Kier alpha value is -2.92. The van der Waals surface area contributed by atoms with Gasteiger partial charge in [-0.25, -0.2) is 4.39 Å². The molecule has 1 heterocycles. The van der Waals surface area contributed by atoms with E-state index in [2.05, 4.69) is 6.58 Å². The Balaban J connectivity index is 1.74.